The maximum atomic E-state index is 13.8. The zero-order valence-corrected chi connectivity index (χ0v) is 22.9. The van der Waals surface area contributed by atoms with Crippen molar-refractivity contribution in [3.63, 3.8) is 0 Å². The summed E-state index contributed by atoms with van der Waals surface area (Å²) in [4.78, 5) is 41.1. The topological polar surface area (TPSA) is 107 Å². The number of esters is 1. The number of amides is 1. The number of nitriles is 1. The van der Waals surface area contributed by atoms with E-state index in [1.54, 1.807) is 42.9 Å². The number of hydrogen-bond acceptors (Lipinski definition) is 6. The van der Waals surface area contributed by atoms with E-state index in [9.17, 15) is 14.4 Å². The summed E-state index contributed by atoms with van der Waals surface area (Å²) in [5.74, 6) is -1.14. The quantitative estimate of drug-likeness (QED) is 0.421. The maximum Gasteiger partial charge on any atom is 0.337 e. The molecular formula is C29H34N4O5. The van der Waals surface area contributed by atoms with E-state index in [0.717, 1.165) is 5.56 Å². The molecule has 1 aromatic heterocycles. The van der Waals surface area contributed by atoms with Crippen LogP contribution in [0.1, 0.15) is 49.2 Å². The van der Waals surface area contributed by atoms with Crippen LogP contribution in [0, 0.1) is 11.3 Å². The summed E-state index contributed by atoms with van der Waals surface area (Å²) < 4.78 is 13.3. The van der Waals surface area contributed by atoms with Gasteiger partial charge in [0.2, 0.25) is 0 Å². The second-order valence-electron chi connectivity index (χ2n) is 10.0. The Morgan fingerprint density at radius 1 is 1.08 bits per heavy atom. The zero-order chi connectivity index (χ0) is 28.2. The van der Waals surface area contributed by atoms with E-state index < -0.39 is 23.5 Å². The van der Waals surface area contributed by atoms with E-state index >= 15 is 0 Å². The van der Waals surface area contributed by atoms with Crippen LogP contribution in [0.25, 0.3) is 16.9 Å². The normalized spacial score (nSPS) is 12.1. The van der Waals surface area contributed by atoms with Crippen LogP contribution in [0.5, 0.6) is 0 Å². The summed E-state index contributed by atoms with van der Waals surface area (Å²) in [6.07, 6.45) is -0.997. The molecule has 0 bridgehead atoms. The molecule has 1 unspecified atom stereocenters. The Balaban J connectivity index is 2.16. The Bertz CT molecular complexity index is 1400. The molecule has 1 heterocycles. The van der Waals surface area contributed by atoms with Crippen LogP contribution in [0.15, 0.2) is 53.3 Å². The smallest absolute Gasteiger partial charge is 0.337 e. The number of aromatic nitrogens is 2. The van der Waals surface area contributed by atoms with Crippen LogP contribution in [0.2, 0.25) is 0 Å². The van der Waals surface area contributed by atoms with Crippen LogP contribution in [0.3, 0.4) is 0 Å². The third-order valence-corrected chi connectivity index (χ3v) is 6.37. The van der Waals surface area contributed by atoms with Gasteiger partial charge in [-0.1, -0.05) is 45.0 Å². The van der Waals surface area contributed by atoms with Gasteiger partial charge in [0.25, 0.3) is 11.5 Å². The number of hydrogen-bond donors (Lipinski definition) is 0. The molecule has 0 aliphatic rings. The van der Waals surface area contributed by atoms with Gasteiger partial charge >= 0.3 is 5.97 Å². The molecule has 0 aliphatic carbocycles. The van der Waals surface area contributed by atoms with Gasteiger partial charge in [-0.25, -0.2) is 9.48 Å². The first-order chi connectivity index (χ1) is 17.9. The molecule has 0 radical (unpaired) electrons. The monoisotopic (exact) mass is 518 g/mol. The number of ether oxygens (including phenoxy) is 2. The molecule has 200 valence electrons. The number of benzene rings is 2. The Morgan fingerprint density at radius 2 is 1.68 bits per heavy atom. The first-order valence-electron chi connectivity index (χ1n) is 12.3. The van der Waals surface area contributed by atoms with E-state index in [2.05, 4.69) is 26.8 Å². The molecule has 1 atom stereocenters. The summed E-state index contributed by atoms with van der Waals surface area (Å²) in [6.45, 7) is 8.10. The van der Waals surface area contributed by atoms with Gasteiger partial charge < -0.3 is 14.4 Å². The van der Waals surface area contributed by atoms with Crippen molar-refractivity contribution < 1.29 is 19.1 Å². The van der Waals surface area contributed by atoms with Crippen molar-refractivity contribution in [1.82, 2.24) is 14.3 Å². The first kappa shape index (κ1) is 28.4. The van der Waals surface area contributed by atoms with Gasteiger partial charge in [-0.3, -0.25) is 14.3 Å². The molecule has 0 spiro atoms. The van der Waals surface area contributed by atoms with Gasteiger partial charge in [0.1, 0.15) is 5.56 Å². The van der Waals surface area contributed by atoms with E-state index in [1.165, 1.54) is 23.7 Å². The fourth-order valence-electron chi connectivity index (χ4n) is 4.23. The summed E-state index contributed by atoms with van der Waals surface area (Å²) in [5.41, 5.74) is 2.56. The second-order valence-corrected chi connectivity index (χ2v) is 10.0. The van der Waals surface area contributed by atoms with Gasteiger partial charge in [0.15, 0.2) is 6.10 Å². The lowest BCUT2D eigenvalue weighted by molar-refractivity contribution is -0.155. The van der Waals surface area contributed by atoms with E-state index in [1.807, 2.05) is 24.3 Å². The molecular weight excluding hydrogens is 484 g/mol. The maximum absolute atomic E-state index is 13.8. The third kappa shape index (κ3) is 5.71. The Morgan fingerprint density at radius 3 is 2.18 bits per heavy atom. The summed E-state index contributed by atoms with van der Waals surface area (Å²) in [6, 6.07) is 16.4. The number of carbonyl (C=O) groups excluding carboxylic acids is 2. The predicted molar refractivity (Wildman–Crippen MR) is 144 cm³/mol. The molecule has 0 saturated heterocycles. The van der Waals surface area contributed by atoms with Gasteiger partial charge in [0.05, 0.1) is 36.2 Å². The highest BCUT2D eigenvalue weighted by Gasteiger charge is 2.31. The molecule has 3 aromatic rings. The molecule has 0 N–H and O–H groups in total. The van der Waals surface area contributed by atoms with Crippen molar-refractivity contribution in [1.29, 1.82) is 5.26 Å². The van der Waals surface area contributed by atoms with Gasteiger partial charge in [0, 0.05) is 26.8 Å². The Kier molecular flexibility index (Phi) is 8.59. The predicted octanol–water partition coefficient (Wildman–Crippen LogP) is 3.66. The minimum atomic E-state index is -0.997. The SMILES string of the molecule is CCOC(=O)C(CN(C)C(=O)c1c(-c2ccc(C(C)(C)C)cc2)n(C)n(-c2ccc(C#N)cc2)c1=O)OC. The highest BCUT2D eigenvalue weighted by molar-refractivity contribution is 6.00. The lowest BCUT2D eigenvalue weighted by Gasteiger charge is -2.22. The van der Waals surface area contributed by atoms with Crippen molar-refractivity contribution in [3.8, 4) is 23.0 Å². The number of methoxy groups -OCH3 is 1. The number of carbonyl (C=O) groups is 2. The molecule has 0 saturated carbocycles. The van der Waals surface area contributed by atoms with Crippen molar-refractivity contribution in [2.24, 2.45) is 7.05 Å². The molecule has 3 rings (SSSR count). The minimum Gasteiger partial charge on any atom is -0.464 e. The van der Waals surface area contributed by atoms with Gasteiger partial charge in [-0.2, -0.15) is 5.26 Å². The standard InChI is InChI=1S/C29H34N4O5/c1-8-38-28(36)23(37-7)18-31(5)26(34)24-25(20-11-13-21(14-12-20)29(2,3)4)32(6)33(27(24)35)22-15-9-19(17-30)10-16-22/h9-16,23H,8,18H2,1-7H3. The van der Waals surface area contributed by atoms with Crippen molar-refractivity contribution in [2.45, 2.75) is 39.2 Å². The molecule has 1 amide bonds. The van der Waals surface area contributed by atoms with Crippen molar-refractivity contribution >= 4 is 11.9 Å². The van der Waals surface area contributed by atoms with Crippen LogP contribution in [0.4, 0.5) is 0 Å². The lowest BCUT2D eigenvalue weighted by atomic mass is 9.86. The Labute approximate surface area is 222 Å². The largest absolute Gasteiger partial charge is 0.464 e. The van der Waals surface area contributed by atoms with Gasteiger partial charge in [-0.05, 0) is 42.2 Å². The average molecular weight is 519 g/mol. The van der Waals surface area contributed by atoms with E-state index in [4.69, 9.17) is 14.7 Å². The summed E-state index contributed by atoms with van der Waals surface area (Å²) >= 11 is 0. The lowest BCUT2D eigenvalue weighted by Crippen LogP contribution is -2.41. The fourth-order valence-corrected chi connectivity index (χ4v) is 4.23. The molecule has 9 nitrogen and oxygen atoms in total. The second kappa shape index (κ2) is 11.5. The Hall–Kier alpha value is -4.16. The average Bonchev–Trinajstić information content (AvgIpc) is 3.15. The molecule has 9 heteroatoms. The zero-order valence-electron chi connectivity index (χ0n) is 22.9. The van der Waals surface area contributed by atoms with Crippen molar-refractivity contribution in [2.75, 3.05) is 27.3 Å². The van der Waals surface area contributed by atoms with Crippen molar-refractivity contribution in [3.05, 3.63) is 75.6 Å². The van der Waals surface area contributed by atoms with Gasteiger partial charge in [-0.15, -0.1) is 0 Å². The molecule has 0 aliphatic heterocycles. The minimum absolute atomic E-state index is 0.0402. The fraction of sp³-hybridized carbons (Fsp3) is 0.379. The highest BCUT2D eigenvalue weighted by atomic mass is 16.6. The van der Waals surface area contributed by atoms with Crippen LogP contribution in [-0.4, -0.2) is 59.6 Å². The number of rotatable bonds is 8. The van der Waals surface area contributed by atoms with E-state index in [0.29, 0.717) is 22.5 Å². The number of likely N-dealkylation sites (N-methyl/N-ethyl adjacent to an activating group) is 1. The van der Waals surface area contributed by atoms with Crippen LogP contribution < -0.4 is 5.56 Å². The van der Waals surface area contributed by atoms with Crippen LogP contribution >= 0.6 is 0 Å². The number of nitrogens with zero attached hydrogens (tertiary/aromatic N) is 4. The first-order valence-corrected chi connectivity index (χ1v) is 12.3. The molecule has 38 heavy (non-hydrogen) atoms. The third-order valence-electron chi connectivity index (χ3n) is 6.37. The van der Waals surface area contributed by atoms with E-state index in [-0.39, 0.29) is 24.1 Å². The molecule has 0 fully saturated rings. The summed E-state index contributed by atoms with van der Waals surface area (Å²) in [7, 11) is 4.58. The highest BCUT2D eigenvalue weighted by Crippen LogP contribution is 2.28. The molecule has 2 aromatic carbocycles. The van der Waals surface area contributed by atoms with Crippen LogP contribution in [-0.2, 0) is 26.7 Å². The summed E-state index contributed by atoms with van der Waals surface area (Å²) in [5, 5.41) is 9.17.